The van der Waals surface area contributed by atoms with Crippen molar-refractivity contribution in [3.05, 3.63) is 20.8 Å². The van der Waals surface area contributed by atoms with Crippen LogP contribution in [0.4, 0.5) is 0 Å². The van der Waals surface area contributed by atoms with Gasteiger partial charge in [0, 0.05) is 10.9 Å². The molecule has 0 radical (unpaired) electrons. The van der Waals surface area contributed by atoms with Gasteiger partial charge in [-0.05, 0) is 39.9 Å². The lowest BCUT2D eigenvalue weighted by Gasteiger charge is -2.22. The van der Waals surface area contributed by atoms with Crippen LogP contribution in [0.2, 0.25) is 0 Å². The number of rotatable bonds is 2. The van der Waals surface area contributed by atoms with Gasteiger partial charge < -0.3 is 5.73 Å². The van der Waals surface area contributed by atoms with E-state index in [1.54, 1.807) is 11.3 Å². The van der Waals surface area contributed by atoms with E-state index in [0.717, 1.165) is 10.2 Å². The van der Waals surface area contributed by atoms with E-state index < -0.39 is 0 Å². The summed E-state index contributed by atoms with van der Waals surface area (Å²) in [6.07, 6.45) is 1.03. The van der Waals surface area contributed by atoms with E-state index in [9.17, 15) is 0 Å². The highest BCUT2D eigenvalue weighted by Crippen LogP contribution is 2.32. The summed E-state index contributed by atoms with van der Waals surface area (Å²) < 4.78 is 1.16. The van der Waals surface area contributed by atoms with Crippen LogP contribution in [0, 0.1) is 5.41 Å². The van der Waals surface area contributed by atoms with Gasteiger partial charge in [-0.2, -0.15) is 0 Å². The molecule has 0 fully saturated rings. The van der Waals surface area contributed by atoms with Crippen molar-refractivity contribution in [2.24, 2.45) is 11.1 Å². The van der Waals surface area contributed by atoms with Gasteiger partial charge in [0.1, 0.15) is 0 Å². The Morgan fingerprint density at radius 2 is 2.08 bits per heavy atom. The van der Waals surface area contributed by atoms with E-state index >= 15 is 0 Å². The zero-order chi connectivity index (χ0) is 10.1. The molecule has 0 aliphatic heterocycles. The van der Waals surface area contributed by atoms with E-state index in [1.165, 1.54) is 4.88 Å². The Morgan fingerprint density at radius 3 is 2.46 bits per heavy atom. The Morgan fingerprint density at radius 1 is 1.46 bits per heavy atom. The summed E-state index contributed by atoms with van der Waals surface area (Å²) in [7, 11) is 0. The van der Waals surface area contributed by atoms with Gasteiger partial charge in [0.05, 0.1) is 3.79 Å². The number of thiophene rings is 1. The number of hydrogen-bond donors (Lipinski definition) is 1. The molecule has 0 spiro atoms. The van der Waals surface area contributed by atoms with Crippen LogP contribution in [-0.4, -0.2) is 0 Å². The van der Waals surface area contributed by atoms with Crippen molar-refractivity contribution in [2.75, 3.05) is 0 Å². The fourth-order valence-corrected chi connectivity index (χ4v) is 2.71. The molecular formula is C10H16BrNS. The molecule has 0 saturated heterocycles. The molecule has 13 heavy (non-hydrogen) atoms. The van der Waals surface area contributed by atoms with E-state index in [-0.39, 0.29) is 6.04 Å². The van der Waals surface area contributed by atoms with Crippen molar-refractivity contribution < 1.29 is 0 Å². The third-order valence-electron chi connectivity index (χ3n) is 1.79. The van der Waals surface area contributed by atoms with Crippen molar-refractivity contribution in [2.45, 2.75) is 33.2 Å². The summed E-state index contributed by atoms with van der Waals surface area (Å²) in [6.45, 7) is 6.65. The maximum atomic E-state index is 6.08. The second kappa shape index (κ2) is 4.11. The highest BCUT2D eigenvalue weighted by molar-refractivity contribution is 9.11. The smallest absolute Gasteiger partial charge is 0.0701 e. The van der Waals surface area contributed by atoms with Gasteiger partial charge in [-0.25, -0.2) is 0 Å². The van der Waals surface area contributed by atoms with Crippen molar-refractivity contribution in [1.82, 2.24) is 0 Å². The minimum atomic E-state index is 0.177. The molecule has 1 unspecified atom stereocenters. The van der Waals surface area contributed by atoms with Crippen LogP contribution in [0.25, 0.3) is 0 Å². The average molecular weight is 262 g/mol. The Labute approximate surface area is 92.5 Å². The molecule has 0 bridgehead atoms. The first-order chi connectivity index (χ1) is 5.88. The minimum Gasteiger partial charge on any atom is -0.323 e. The lowest BCUT2D eigenvalue weighted by molar-refractivity contribution is 0.345. The summed E-state index contributed by atoms with van der Waals surface area (Å²) in [5.41, 5.74) is 6.39. The average Bonchev–Trinajstić information content (AvgIpc) is 2.31. The second-order valence-electron chi connectivity index (χ2n) is 4.51. The molecule has 0 amide bonds. The second-order valence-corrected chi connectivity index (χ2v) is 7.01. The lowest BCUT2D eigenvalue weighted by Crippen LogP contribution is -2.17. The monoisotopic (exact) mass is 261 g/mol. The van der Waals surface area contributed by atoms with Gasteiger partial charge in [-0.1, -0.05) is 20.8 Å². The van der Waals surface area contributed by atoms with Crippen LogP contribution in [0.5, 0.6) is 0 Å². The Kier molecular flexibility index (Phi) is 3.55. The molecule has 1 rings (SSSR count). The van der Waals surface area contributed by atoms with Crippen LogP contribution in [-0.2, 0) is 0 Å². The molecule has 0 saturated carbocycles. The Balaban J connectivity index is 2.64. The fourth-order valence-electron chi connectivity index (χ4n) is 1.29. The first-order valence-corrected chi connectivity index (χ1v) is 6.00. The van der Waals surface area contributed by atoms with E-state index in [0.29, 0.717) is 5.41 Å². The molecule has 1 aromatic rings. The summed E-state index contributed by atoms with van der Waals surface area (Å²) in [5, 5.41) is 0. The fraction of sp³-hybridized carbons (Fsp3) is 0.600. The first-order valence-electron chi connectivity index (χ1n) is 4.39. The zero-order valence-corrected chi connectivity index (χ0v) is 10.7. The topological polar surface area (TPSA) is 26.0 Å². The lowest BCUT2D eigenvalue weighted by atomic mass is 9.88. The standard InChI is InChI=1S/C10H16BrNS/c1-10(2,3)6-7(12)8-4-5-9(11)13-8/h4-5,7H,6,12H2,1-3H3. The molecule has 0 aliphatic carbocycles. The van der Waals surface area contributed by atoms with Gasteiger partial charge >= 0.3 is 0 Å². The van der Waals surface area contributed by atoms with Gasteiger partial charge in [-0.3, -0.25) is 0 Å². The summed E-state index contributed by atoms with van der Waals surface area (Å²) in [4.78, 5) is 1.27. The van der Waals surface area contributed by atoms with Crippen LogP contribution >= 0.6 is 27.3 Å². The summed E-state index contributed by atoms with van der Waals surface area (Å²) in [5.74, 6) is 0. The van der Waals surface area contributed by atoms with Crippen molar-refractivity contribution in [3.63, 3.8) is 0 Å². The predicted octanol–water partition coefficient (Wildman–Crippen LogP) is 3.95. The molecule has 1 atom stereocenters. The summed E-state index contributed by atoms with van der Waals surface area (Å²) in [6, 6.07) is 4.34. The number of hydrogen-bond acceptors (Lipinski definition) is 2. The zero-order valence-electron chi connectivity index (χ0n) is 8.30. The maximum absolute atomic E-state index is 6.08. The maximum Gasteiger partial charge on any atom is 0.0701 e. The Hall–Kier alpha value is 0.140. The Bertz CT molecular complexity index is 275. The van der Waals surface area contributed by atoms with Crippen molar-refractivity contribution in [1.29, 1.82) is 0 Å². The van der Waals surface area contributed by atoms with Crippen LogP contribution in [0.1, 0.15) is 38.1 Å². The highest BCUT2D eigenvalue weighted by atomic mass is 79.9. The van der Waals surface area contributed by atoms with Crippen LogP contribution in [0.15, 0.2) is 15.9 Å². The van der Waals surface area contributed by atoms with Gasteiger partial charge in [0.25, 0.3) is 0 Å². The van der Waals surface area contributed by atoms with Gasteiger partial charge in [-0.15, -0.1) is 11.3 Å². The summed E-state index contributed by atoms with van der Waals surface area (Å²) >= 11 is 5.17. The number of halogens is 1. The molecule has 1 heterocycles. The highest BCUT2D eigenvalue weighted by Gasteiger charge is 2.17. The van der Waals surface area contributed by atoms with Crippen LogP contribution < -0.4 is 5.73 Å². The first kappa shape index (κ1) is 11.2. The minimum absolute atomic E-state index is 0.177. The van der Waals surface area contributed by atoms with Gasteiger partial charge in [0.15, 0.2) is 0 Å². The molecule has 74 valence electrons. The molecule has 0 aliphatic rings. The van der Waals surface area contributed by atoms with Gasteiger partial charge in [0.2, 0.25) is 0 Å². The third kappa shape index (κ3) is 3.79. The predicted molar refractivity (Wildman–Crippen MR) is 63.0 cm³/mol. The molecule has 1 nitrogen and oxygen atoms in total. The normalized spacial score (nSPS) is 14.5. The molecule has 1 aromatic heterocycles. The van der Waals surface area contributed by atoms with Crippen molar-refractivity contribution >= 4 is 27.3 Å². The third-order valence-corrected chi connectivity index (χ3v) is 3.55. The van der Waals surface area contributed by atoms with Crippen molar-refractivity contribution in [3.8, 4) is 0 Å². The molecule has 3 heteroatoms. The molecule has 2 N–H and O–H groups in total. The largest absolute Gasteiger partial charge is 0.323 e. The SMILES string of the molecule is CC(C)(C)CC(N)c1ccc(Br)s1. The number of nitrogens with two attached hydrogens (primary N) is 1. The quantitative estimate of drug-likeness (QED) is 0.858. The van der Waals surface area contributed by atoms with E-state index in [2.05, 4.69) is 48.8 Å². The molecular weight excluding hydrogens is 246 g/mol. The van der Waals surface area contributed by atoms with E-state index in [4.69, 9.17) is 5.73 Å². The molecule has 0 aromatic carbocycles. The van der Waals surface area contributed by atoms with Crippen LogP contribution in [0.3, 0.4) is 0 Å². The van der Waals surface area contributed by atoms with E-state index in [1.807, 2.05) is 0 Å².